The molecule has 0 spiro atoms. The van der Waals surface area contributed by atoms with Gasteiger partial charge in [-0.1, -0.05) is 5.16 Å². The first-order chi connectivity index (χ1) is 14.9. The summed E-state index contributed by atoms with van der Waals surface area (Å²) < 4.78 is 11.8. The number of halogens is 1. The summed E-state index contributed by atoms with van der Waals surface area (Å²) in [5.74, 6) is 0.393. The van der Waals surface area contributed by atoms with Crippen LogP contribution in [0.2, 0.25) is 0 Å². The molecule has 8 nitrogen and oxygen atoms in total. The Kier molecular flexibility index (Phi) is 6.22. The van der Waals surface area contributed by atoms with E-state index in [0.717, 1.165) is 17.7 Å². The van der Waals surface area contributed by atoms with Gasteiger partial charge in [-0.05, 0) is 79.4 Å². The molecule has 4 rings (SSSR count). The third-order valence-electron chi connectivity index (χ3n) is 5.12. The number of pyridine rings is 1. The molecule has 1 aliphatic rings. The van der Waals surface area contributed by atoms with Gasteiger partial charge in [0, 0.05) is 23.5 Å². The van der Waals surface area contributed by atoms with Crippen molar-refractivity contribution in [1.29, 1.82) is 0 Å². The summed E-state index contributed by atoms with van der Waals surface area (Å²) in [5.41, 5.74) is 2.45. The second-order valence-corrected chi connectivity index (χ2v) is 8.72. The van der Waals surface area contributed by atoms with Crippen molar-refractivity contribution in [2.75, 3.05) is 5.32 Å². The minimum atomic E-state index is -0.711. The van der Waals surface area contributed by atoms with E-state index in [1.807, 2.05) is 44.2 Å². The standard InChI is InChI=1S/C22H23BrN4O4/c1-12(2)30-21-18(23)10-15(11-24-21)20-26-19(27-31-20)13-3-6-16(7-4-13)25-17-8-5-14(9-17)22(28)29/h3-4,6-7,10-12,14,17,25H,5,8-9H2,1-2H3,(H,28,29)/t14-,17?/m0/s1. The first-order valence-electron chi connectivity index (χ1n) is 10.1. The van der Waals surface area contributed by atoms with Gasteiger partial charge in [0.15, 0.2) is 0 Å². The van der Waals surface area contributed by atoms with Crippen LogP contribution < -0.4 is 10.1 Å². The smallest absolute Gasteiger partial charge is 0.306 e. The molecule has 2 heterocycles. The van der Waals surface area contributed by atoms with Gasteiger partial charge in [0.2, 0.25) is 11.7 Å². The molecule has 9 heteroatoms. The Hall–Kier alpha value is -2.94. The zero-order valence-corrected chi connectivity index (χ0v) is 18.8. The Labute approximate surface area is 188 Å². The number of benzene rings is 1. The Morgan fingerprint density at radius 3 is 2.68 bits per heavy atom. The van der Waals surface area contributed by atoms with Gasteiger partial charge in [0.05, 0.1) is 22.1 Å². The van der Waals surface area contributed by atoms with Crippen LogP contribution in [0.3, 0.4) is 0 Å². The predicted molar refractivity (Wildman–Crippen MR) is 119 cm³/mol. The van der Waals surface area contributed by atoms with Crippen molar-refractivity contribution in [3.63, 3.8) is 0 Å². The van der Waals surface area contributed by atoms with E-state index < -0.39 is 5.97 Å². The summed E-state index contributed by atoms with van der Waals surface area (Å²) in [4.78, 5) is 19.9. The summed E-state index contributed by atoms with van der Waals surface area (Å²) in [7, 11) is 0. The summed E-state index contributed by atoms with van der Waals surface area (Å²) in [6, 6.07) is 9.71. The van der Waals surface area contributed by atoms with Crippen molar-refractivity contribution >= 4 is 27.6 Å². The molecule has 1 aromatic carbocycles. The second kappa shape index (κ2) is 9.05. The maximum Gasteiger partial charge on any atom is 0.306 e. The van der Waals surface area contributed by atoms with Gasteiger partial charge in [-0.2, -0.15) is 4.98 Å². The van der Waals surface area contributed by atoms with Gasteiger partial charge in [-0.15, -0.1) is 0 Å². The molecule has 2 N–H and O–H groups in total. The molecule has 1 unspecified atom stereocenters. The molecule has 0 aliphatic heterocycles. The third-order valence-corrected chi connectivity index (χ3v) is 5.69. The molecule has 0 radical (unpaired) electrons. The molecule has 0 amide bonds. The highest BCUT2D eigenvalue weighted by atomic mass is 79.9. The van der Waals surface area contributed by atoms with Crippen molar-refractivity contribution < 1.29 is 19.2 Å². The fourth-order valence-corrected chi connectivity index (χ4v) is 4.04. The van der Waals surface area contributed by atoms with Crippen LogP contribution in [0.1, 0.15) is 33.1 Å². The number of nitrogens with zero attached hydrogens (tertiary/aromatic N) is 3. The zero-order valence-electron chi connectivity index (χ0n) is 17.2. The van der Waals surface area contributed by atoms with Crippen LogP contribution in [-0.2, 0) is 4.79 Å². The lowest BCUT2D eigenvalue weighted by atomic mass is 10.1. The van der Waals surface area contributed by atoms with E-state index in [9.17, 15) is 4.79 Å². The van der Waals surface area contributed by atoms with Gasteiger partial charge < -0.3 is 19.7 Å². The lowest BCUT2D eigenvalue weighted by Gasteiger charge is -2.14. The molecular formula is C22H23BrN4O4. The lowest BCUT2D eigenvalue weighted by Crippen LogP contribution is -2.17. The largest absolute Gasteiger partial charge is 0.481 e. The zero-order chi connectivity index (χ0) is 22.0. The molecule has 162 valence electrons. The maximum absolute atomic E-state index is 11.1. The van der Waals surface area contributed by atoms with Crippen LogP contribution in [0.15, 0.2) is 45.5 Å². The summed E-state index contributed by atoms with van der Waals surface area (Å²) in [6.45, 7) is 3.88. The lowest BCUT2D eigenvalue weighted by molar-refractivity contribution is -0.141. The summed E-state index contributed by atoms with van der Waals surface area (Å²) >= 11 is 3.46. The molecule has 1 saturated carbocycles. The second-order valence-electron chi connectivity index (χ2n) is 7.87. The van der Waals surface area contributed by atoms with Gasteiger partial charge >= 0.3 is 5.97 Å². The van der Waals surface area contributed by atoms with E-state index >= 15 is 0 Å². The average molecular weight is 487 g/mol. The van der Waals surface area contributed by atoms with Gasteiger partial charge in [-0.3, -0.25) is 4.79 Å². The molecule has 1 fully saturated rings. The number of aromatic nitrogens is 3. The van der Waals surface area contributed by atoms with E-state index in [2.05, 4.69) is 36.4 Å². The molecule has 3 aromatic rings. The quantitative estimate of drug-likeness (QED) is 0.479. The van der Waals surface area contributed by atoms with Crippen molar-refractivity contribution in [1.82, 2.24) is 15.1 Å². The van der Waals surface area contributed by atoms with Crippen LogP contribution in [0.5, 0.6) is 5.88 Å². The van der Waals surface area contributed by atoms with Crippen LogP contribution in [-0.4, -0.2) is 38.3 Å². The normalized spacial score (nSPS) is 18.3. The van der Waals surface area contributed by atoms with Gasteiger partial charge in [0.25, 0.3) is 5.89 Å². The van der Waals surface area contributed by atoms with Gasteiger partial charge in [0.1, 0.15) is 0 Å². The molecule has 0 bridgehead atoms. The maximum atomic E-state index is 11.1. The number of rotatable bonds is 7. The summed E-state index contributed by atoms with van der Waals surface area (Å²) in [6.07, 6.45) is 3.88. The topological polar surface area (TPSA) is 110 Å². The Bertz CT molecular complexity index is 1070. The molecular weight excluding hydrogens is 464 g/mol. The number of hydrogen-bond donors (Lipinski definition) is 2. The van der Waals surface area contributed by atoms with Crippen LogP contribution >= 0.6 is 15.9 Å². The predicted octanol–water partition coefficient (Wildman–Crippen LogP) is 5.01. The van der Waals surface area contributed by atoms with E-state index in [1.165, 1.54) is 0 Å². The van der Waals surface area contributed by atoms with E-state index in [-0.39, 0.29) is 18.1 Å². The molecule has 0 saturated heterocycles. The monoisotopic (exact) mass is 486 g/mol. The number of hydrogen-bond acceptors (Lipinski definition) is 7. The Morgan fingerprint density at radius 1 is 1.26 bits per heavy atom. The highest BCUT2D eigenvalue weighted by Gasteiger charge is 2.29. The average Bonchev–Trinajstić information content (AvgIpc) is 3.40. The van der Waals surface area contributed by atoms with Crippen molar-refractivity contribution in [3.8, 4) is 28.7 Å². The fraction of sp³-hybridized carbons (Fsp3) is 0.364. The highest BCUT2D eigenvalue weighted by Crippen LogP contribution is 2.31. The van der Waals surface area contributed by atoms with E-state index in [0.29, 0.717) is 40.5 Å². The number of ether oxygens (including phenoxy) is 1. The highest BCUT2D eigenvalue weighted by molar-refractivity contribution is 9.10. The SMILES string of the molecule is CC(C)Oc1ncc(-c2nc(-c3ccc(NC4CC[C@H](C(=O)O)C4)cc3)no2)cc1Br. The molecule has 2 atom stereocenters. The Balaban J connectivity index is 1.43. The van der Waals surface area contributed by atoms with E-state index in [1.54, 1.807) is 6.20 Å². The first-order valence-corrected chi connectivity index (χ1v) is 10.9. The van der Waals surface area contributed by atoms with Gasteiger partial charge in [-0.25, -0.2) is 4.98 Å². The van der Waals surface area contributed by atoms with Crippen LogP contribution in [0.25, 0.3) is 22.8 Å². The van der Waals surface area contributed by atoms with Crippen molar-refractivity contribution in [3.05, 3.63) is 41.0 Å². The van der Waals surface area contributed by atoms with Crippen LogP contribution in [0.4, 0.5) is 5.69 Å². The Morgan fingerprint density at radius 2 is 2.03 bits per heavy atom. The molecule has 31 heavy (non-hydrogen) atoms. The minimum absolute atomic E-state index is 0.0226. The minimum Gasteiger partial charge on any atom is -0.481 e. The fourth-order valence-electron chi connectivity index (χ4n) is 3.60. The van der Waals surface area contributed by atoms with Crippen molar-refractivity contribution in [2.24, 2.45) is 5.92 Å². The molecule has 1 aliphatic carbocycles. The third kappa shape index (κ3) is 5.04. The van der Waals surface area contributed by atoms with Crippen molar-refractivity contribution in [2.45, 2.75) is 45.3 Å². The number of nitrogens with one attached hydrogen (secondary N) is 1. The number of carbonyl (C=O) groups is 1. The number of aliphatic carboxylic acids is 1. The van der Waals surface area contributed by atoms with E-state index in [4.69, 9.17) is 14.4 Å². The number of carboxylic acid groups (broad SMARTS) is 1. The summed E-state index contributed by atoms with van der Waals surface area (Å²) in [5, 5.41) is 16.6. The molecule has 2 aromatic heterocycles. The number of anilines is 1. The number of carboxylic acids is 1. The first kappa shape index (κ1) is 21.3. The van der Waals surface area contributed by atoms with Crippen LogP contribution in [0, 0.1) is 5.92 Å².